The van der Waals surface area contributed by atoms with Crippen LogP contribution in [0.2, 0.25) is 0 Å². The Morgan fingerprint density at radius 3 is 3.20 bits per heavy atom. The minimum absolute atomic E-state index is 0.174. The summed E-state index contributed by atoms with van der Waals surface area (Å²) in [4.78, 5) is 4.25. The van der Waals surface area contributed by atoms with E-state index in [1.807, 2.05) is 35.0 Å². The summed E-state index contributed by atoms with van der Waals surface area (Å²) in [5.74, 6) is 1.70. The van der Waals surface area contributed by atoms with Gasteiger partial charge in [0.1, 0.15) is 18.2 Å². The van der Waals surface area contributed by atoms with E-state index >= 15 is 0 Å². The third-order valence-electron chi connectivity index (χ3n) is 2.54. The minimum atomic E-state index is -0.174. The van der Waals surface area contributed by atoms with Crippen molar-refractivity contribution >= 4 is 0 Å². The van der Waals surface area contributed by atoms with Crippen molar-refractivity contribution in [2.24, 2.45) is 5.73 Å². The fraction of sp³-hybridized carbons (Fsp3) is 0.182. The summed E-state index contributed by atoms with van der Waals surface area (Å²) in [6.07, 6.45) is 3.67. The Labute approximate surface area is 87.3 Å². The molecule has 1 aliphatic heterocycles. The summed E-state index contributed by atoms with van der Waals surface area (Å²) in [5.41, 5.74) is 6.96. The Kier molecular flexibility index (Phi) is 1.76. The largest absolute Gasteiger partial charge is 0.489 e. The van der Waals surface area contributed by atoms with Crippen LogP contribution in [0.4, 0.5) is 0 Å². The normalized spacial score (nSPS) is 18.6. The lowest BCUT2D eigenvalue weighted by Gasteiger charge is -2.07. The average molecular weight is 201 g/mol. The molecule has 76 valence electrons. The highest BCUT2D eigenvalue weighted by molar-refractivity contribution is 5.48. The maximum Gasteiger partial charge on any atom is 0.143 e. The van der Waals surface area contributed by atoms with Crippen LogP contribution in [-0.4, -0.2) is 16.2 Å². The molecular formula is C11H11N3O. The first-order valence-electron chi connectivity index (χ1n) is 4.87. The third kappa shape index (κ3) is 1.22. The molecule has 1 atom stereocenters. The van der Waals surface area contributed by atoms with Crippen LogP contribution in [0, 0.1) is 0 Å². The van der Waals surface area contributed by atoms with Crippen molar-refractivity contribution in [1.82, 2.24) is 9.55 Å². The summed E-state index contributed by atoms with van der Waals surface area (Å²) in [5, 5.41) is 0. The number of rotatable bonds is 0. The van der Waals surface area contributed by atoms with Crippen molar-refractivity contribution in [2.45, 2.75) is 6.04 Å². The van der Waals surface area contributed by atoms with E-state index in [0.717, 1.165) is 17.3 Å². The van der Waals surface area contributed by atoms with Crippen LogP contribution in [0.25, 0.3) is 5.69 Å². The summed E-state index contributed by atoms with van der Waals surface area (Å²) >= 11 is 0. The van der Waals surface area contributed by atoms with Gasteiger partial charge in [0.25, 0.3) is 0 Å². The quantitative estimate of drug-likeness (QED) is 0.698. The Morgan fingerprint density at radius 2 is 2.27 bits per heavy atom. The van der Waals surface area contributed by atoms with Crippen LogP contribution in [-0.2, 0) is 0 Å². The van der Waals surface area contributed by atoms with Crippen molar-refractivity contribution < 1.29 is 4.74 Å². The molecule has 2 aromatic rings. The zero-order valence-electron chi connectivity index (χ0n) is 8.13. The van der Waals surface area contributed by atoms with Gasteiger partial charge in [0, 0.05) is 12.4 Å². The number of fused-ring (bicyclic) bond motifs is 3. The van der Waals surface area contributed by atoms with Crippen LogP contribution < -0.4 is 10.5 Å². The van der Waals surface area contributed by atoms with Gasteiger partial charge in [-0.2, -0.15) is 0 Å². The molecule has 0 saturated heterocycles. The number of nitrogens with zero attached hydrogens (tertiary/aromatic N) is 2. The van der Waals surface area contributed by atoms with Crippen molar-refractivity contribution in [3.05, 3.63) is 42.5 Å². The second-order valence-corrected chi connectivity index (χ2v) is 3.54. The van der Waals surface area contributed by atoms with Gasteiger partial charge in [-0.15, -0.1) is 0 Å². The number of hydrogen-bond acceptors (Lipinski definition) is 3. The fourth-order valence-electron chi connectivity index (χ4n) is 1.83. The average Bonchev–Trinajstić information content (AvgIpc) is 2.71. The van der Waals surface area contributed by atoms with Gasteiger partial charge in [0.2, 0.25) is 0 Å². The van der Waals surface area contributed by atoms with E-state index in [-0.39, 0.29) is 6.04 Å². The van der Waals surface area contributed by atoms with Gasteiger partial charge in [0.05, 0.1) is 11.7 Å². The lowest BCUT2D eigenvalue weighted by atomic mass is 10.3. The topological polar surface area (TPSA) is 53.1 Å². The first-order valence-corrected chi connectivity index (χ1v) is 4.87. The summed E-state index contributed by atoms with van der Waals surface area (Å²) in [6.45, 7) is 0.466. The van der Waals surface area contributed by atoms with E-state index in [2.05, 4.69) is 4.98 Å². The second kappa shape index (κ2) is 3.10. The molecule has 1 aliphatic rings. The number of hydrogen-bond donors (Lipinski definition) is 1. The highest BCUT2D eigenvalue weighted by Gasteiger charge is 2.20. The Hall–Kier alpha value is -1.81. The molecule has 0 bridgehead atoms. The van der Waals surface area contributed by atoms with Crippen LogP contribution >= 0.6 is 0 Å². The smallest absolute Gasteiger partial charge is 0.143 e. The van der Waals surface area contributed by atoms with Gasteiger partial charge in [0.15, 0.2) is 0 Å². The highest BCUT2D eigenvalue weighted by Crippen LogP contribution is 2.28. The molecule has 0 amide bonds. The highest BCUT2D eigenvalue weighted by atomic mass is 16.5. The first kappa shape index (κ1) is 8.49. The SMILES string of the molecule is NC1COc2ccccc2-n2ccnc21. The lowest BCUT2D eigenvalue weighted by Crippen LogP contribution is -2.19. The maximum atomic E-state index is 5.96. The number of para-hydroxylation sites is 2. The van der Waals surface area contributed by atoms with Crippen molar-refractivity contribution in [1.29, 1.82) is 0 Å². The van der Waals surface area contributed by atoms with Gasteiger partial charge in [-0.1, -0.05) is 12.1 Å². The van der Waals surface area contributed by atoms with Gasteiger partial charge in [-0.05, 0) is 12.1 Å². The van der Waals surface area contributed by atoms with Gasteiger partial charge in [-0.25, -0.2) is 4.98 Å². The van der Waals surface area contributed by atoms with E-state index in [9.17, 15) is 0 Å². The van der Waals surface area contributed by atoms with Crippen molar-refractivity contribution in [3.8, 4) is 11.4 Å². The van der Waals surface area contributed by atoms with E-state index in [0.29, 0.717) is 6.61 Å². The number of ether oxygens (including phenoxy) is 1. The maximum absolute atomic E-state index is 5.96. The number of benzene rings is 1. The summed E-state index contributed by atoms with van der Waals surface area (Å²) in [6, 6.07) is 7.69. The molecule has 0 fully saturated rings. The van der Waals surface area contributed by atoms with E-state index in [1.54, 1.807) is 6.20 Å². The minimum Gasteiger partial charge on any atom is -0.489 e. The Morgan fingerprint density at radius 1 is 1.40 bits per heavy atom. The zero-order valence-corrected chi connectivity index (χ0v) is 8.13. The molecule has 0 aliphatic carbocycles. The third-order valence-corrected chi connectivity index (χ3v) is 2.54. The Bertz CT molecular complexity index is 492. The van der Waals surface area contributed by atoms with Crippen LogP contribution in [0.3, 0.4) is 0 Å². The van der Waals surface area contributed by atoms with Gasteiger partial charge < -0.3 is 10.5 Å². The predicted octanol–water partition coefficient (Wildman–Crippen LogP) is 1.26. The van der Waals surface area contributed by atoms with Crippen LogP contribution in [0.1, 0.15) is 11.9 Å². The van der Waals surface area contributed by atoms with E-state index in [4.69, 9.17) is 10.5 Å². The molecule has 3 rings (SSSR count). The standard InChI is InChI=1S/C11H11N3O/c12-8-7-15-10-4-2-1-3-9(10)14-6-5-13-11(8)14/h1-6,8H,7,12H2. The molecule has 4 heteroatoms. The molecule has 0 saturated carbocycles. The van der Waals surface area contributed by atoms with Crippen molar-refractivity contribution in [3.63, 3.8) is 0 Å². The summed E-state index contributed by atoms with van der Waals surface area (Å²) in [7, 11) is 0. The van der Waals surface area contributed by atoms with Crippen LogP contribution in [0.5, 0.6) is 5.75 Å². The monoisotopic (exact) mass is 201 g/mol. The number of imidazole rings is 1. The van der Waals surface area contributed by atoms with Gasteiger partial charge >= 0.3 is 0 Å². The Balaban J connectivity index is 2.26. The zero-order chi connectivity index (χ0) is 10.3. The molecule has 15 heavy (non-hydrogen) atoms. The van der Waals surface area contributed by atoms with Gasteiger partial charge in [-0.3, -0.25) is 4.57 Å². The molecule has 2 heterocycles. The van der Waals surface area contributed by atoms with E-state index < -0.39 is 0 Å². The lowest BCUT2D eigenvalue weighted by molar-refractivity contribution is 0.293. The number of nitrogens with two attached hydrogens (primary N) is 1. The molecule has 0 radical (unpaired) electrons. The molecule has 1 aromatic heterocycles. The molecule has 1 aromatic carbocycles. The van der Waals surface area contributed by atoms with E-state index in [1.165, 1.54) is 0 Å². The molecule has 2 N–H and O–H groups in total. The fourth-order valence-corrected chi connectivity index (χ4v) is 1.83. The predicted molar refractivity (Wildman–Crippen MR) is 56.0 cm³/mol. The molecular weight excluding hydrogens is 190 g/mol. The first-order chi connectivity index (χ1) is 7.36. The number of aromatic nitrogens is 2. The molecule has 0 spiro atoms. The second-order valence-electron chi connectivity index (χ2n) is 3.54. The van der Waals surface area contributed by atoms with Crippen molar-refractivity contribution in [2.75, 3.05) is 6.61 Å². The molecule has 1 unspecified atom stereocenters. The van der Waals surface area contributed by atoms with Crippen LogP contribution in [0.15, 0.2) is 36.7 Å². The molecule has 4 nitrogen and oxygen atoms in total. The summed E-state index contributed by atoms with van der Waals surface area (Å²) < 4.78 is 7.59.